The first-order valence-corrected chi connectivity index (χ1v) is 7.64. The van der Waals surface area contributed by atoms with Crippen LogP contribution in [0.15, 0.2) is 0 Å². The van der Waals surface area contributed by atoms with Crippen molar-refractivity contribution in [2.75, 3.05) is 0 Å². The van der Waals surface area contributed by atoms with Gasteiger partial charge < -0.3 is 0 Å². The molecule has 102 valence electrons. The second-order valence-electron chi connectivity index (χ2n) is 6.11. The van der Waals surface area contributed by atoms with Crippen LogP contribution in [-0.4, -0.2) is 27.7 Å². The molecule has 1 aliphatic rings. The maximum Gasteiger partial charge on any atom is 0.219 e. The molecule has 0 saturated heterocycles. The Morgan fingerprint density at radius 2 is 1.89 bits per heavy atom. The van der Waals surface area contributed by atoms with Gasteiger partial charge in [0.2, 0.25) is 10.0 Å². The van der Waals surface area contributed by atoms with E-state index in [1.165, 1.54) is 0 Å². The number of rotatable bonds is 2. The zero-order valence-electron chi connectivity index (χ0n) is 11.6. The van der Waals surface area contributed by atoms with Crippen molar-refractivity contribution in [3.63, 3.8) is 0 Å². The number of sulfonamides is 1. The molecule has 18 heavy (non-hydrogen) atoms. The summed E-state index contributed by atoms with van der Waals surface area (Å²) in [6.07, 6.45) is 0. The summed E-state index contributed by atoms with van der Waals surface area (Å²) in [6.45, 7) is 10.2. The molecular formula is C12H21N3O2S. The first kappa shape index (κ1) is 13.5. The van der Waals surface area contributed by atoms with E-state index in [2.05, 4.69) is 24.0 Å². The van der Waals surface area contributed by atoms with Crippen LogP contribution in [0.3, 0.4) is 0 Å². The number of hydrogen-bond acceptors (Lipinski definition) is 3. The maximum absolute atomic E-state index is 12.4. The fourth-order valence-electron chi connectivity index (χ4n) is 2.17. The Hall–Kier alpha value is -0.880. The van der Waals surface area contributed by atoms with Gasteiger partial charge in [-0.3, -0.25) is 5.10 Å². The van der Waals surface area contributed by atoms with E-state index in [0.717, 1.165) is 17.0 Å². The molecule has 0 atom stereocenters. The van der Waals surface area contributed by atoms with Crippen molar-refractivity contribution in [1.82, 2.24) is 14.5 Å². The van der Waals surface area contributed by atoms with Gasteiger partial charge in [-0.25, -0.2) is 8.42 Å². The van der Waals surface area contributed by atoms with Gasteiger partial charge in [0, 0.05) is 12.1 Å². The first-order valence-electron chi connectivity index (χ1n) is 6.20. The molecule has 2 heterocycles. The second-order valence-corrected chi connectivity index (χ2v) is 8.80. The van der Waals surface area contributed by atoms with Crippen molar-refractivity contribution in [3.05, 3.63) is 17.0 Å². The van der Waals surface area contributed by atoms with E-state index in [9.17, 15) is 8.42 Å². The fourth-order valence-corrected chi connectivity index (χ4v) is 3.54. The van der Waals surface area contributed by atoms with Gasteiger partial charge in [-0.1, -0.05) is 13.8 Å². The summed E-state index contributed by atoms with van der Waals surface area (Å²) in [7, 11) is -3.27. The van der Waals surface area contributed by atoms with Gasteiger partial charge in [0.15, 0.2) is 0 Å². The summed E-state index contributed by atoms with van der Waals surface area (Å²) in [4.78, 5) is 0. The summed E-state index contributed by atoms with van der Waals surface area (Å²) in [5.41, 5.74) is 2.97. The molecule has 1 aliphatic heterocycles. The third-order valence-corrected chi connectivity index (χ3v) is 5.80. The van der Waals surface area contributed by atoms with E-state index < -0.39 is 14.8 Å². The number of hydrogen-bond donors (Lipinski definition) is 1. The zero-order valence-corrected chi connectivity index (χ0v) is 12.4. The van der Waals surface area contributed by atoms with Crippen LogP contribution in [0, 0.1) is 0 Å². The van der Waals surface area contributed by atoms with Crippen molar-refractivity contribution in [1.29, 1.82) is 0 Å². The van der Waals surface area contributed by atoms with Crippen LogP contribution in [0.1, 0.15) is 57.5 Å². The molecule has 1 N–H and O–H groups in total. The molecule has 5 nitrogen and oxygen atoms in total. The van der Waals surface area contributed by atoms with Crippen molar-refractivity contribution in [2.24, 2.45) is 0 Å². The molecule has 0 unspecified atom stereocenters. The normalized spacial score (nSPS) is 17.4. The summed E-state index contributed by atoms with van der Waals surface area (Å²) >= 11 is 0. The van der Waals surface area contributed by atoms with Crippen LogP contribution in [0.5, 0.6) is 0 Å². The van der Waals surface area contributed by atoms with Gasteiger partial charge >= 0.3 is 0 Å². The molecule has 0 bridgehead atoms. The average molecular weight is 271 g/mol. The van der Waals surface area contributed by atoms with Crippen LogP contribution < -0.4 is 0 Å². The minimum absolute atomic E-state index is 0.308. The average Bonchev–Trinajstić information content (AvgIpc) is 2.72. The number of fused-ring (bicyclic) bond motifs is 1. The van der Waals surface area contributed by atoms with E-state index in [-0.39, 0.29) is 0 Å². The first-order chi connectivity index (χ1) is 8.14. The standard InChI is InChI=1S/C12H21N3O2S/c1-8(2)11-9-6-15(7-10(9)13-14-11)18(16,17)12(3,4)5/h8H,6-7H2,1-5H3,(H,13,14). The number of aromatic nitrogens is 2. The molecule has 0 fully saturated rings. The minimum Gasteiger partial charge on any atom is -0.281 e. The smallest absolute Gasteiger partial charge is 0.219 e. The van der Waals surface area contributed by atoms with Gasteiger partial charge in [0.05, 0.1) is 22.7 Å². The third kappa shape index (κ3) is 1.97. The Bertz CT molecular complexity index is 552. The maximum atomic E-state index is 12.4. The zero-order chi connectivity index (χ0) is 13.7. The van der Waals surface area contributed by atoms with Gasteiger partial charge in [0.1, 0.15) is 0 Å². The molecule has 1 aromatic rings. The molecule has 2 rings (SSSR count). The Morgan fingerprint density at radius 1 is 1.28 bits per heavy atom. The van der Waals surface area contributed by atoms with Gasteiger partial charge in [0.25, 0.3) is 0 Å². The van der Waals surface area contributed by atoms with Crippen molar-refractivity contribution in [3.8, 4) is 0 Å². The van der Waals surface area contributed by atoms with Crippen LogP contribution in [0.2, 0.25) is 0 Å². The van der Waals surface area contributed by atoms with Crippen molar-refractivity contribution >= 4 is 10.0 Å². The van der Waals surface area contributed by atoms with Crippen molar-refractivity contribution < 1.29 is 8.42 Å². The van der Waals surface area contributed by atoms with E-state index in [1.54, 1.807) is 25.1 Å². The van der Waals surface area contributed by atoms with E-state index >= 15 is 0 Å². The number of nitrogens with zero attached hydrogens (tertiary/aromatic N) is 2. The third-order valence-electron chi connectivity index (χ3n) is 3.31. The van der Waals surface area contributed by atoms with Crippen LogP contribution in [-0.2, 0) is 23.1 Å². The summed E-state index contributed by atoms with van der Waals surface area (Å²) in [5, 5.41) is 7.23. The van der Waals surface area contributed by atoms with Gasteiger partial charge in [-0.2, -0.15) is 9.40 Å². The van der Waals surface area contributed by atoms with Crippen LogP contribution >= 0.6 is 0 Å². The quantitative estimate of drug-likeness (QED) is 0.894. The lowest BCUT2D eigenvalue weighted by Crippen LogP contribution is -2.40. The molecule has 0 radical (unpaired) electrons. The summed E-state index contributed by atoms with van der Waals surface area (Å²) in [5.74, 6) is 0.308. The van der Waals surface area contributed by atoms with Gasteiger partial charge in [-0.05, 0) is 26.7 Å². The summed E-state index contributed by atoms with van der Waals surface area (Å²) < 4.78 is 25.6. The monoisotopic (exact) mass is 271 g/mol. The highest BCUT2D eigenvalue weighted by Crippen LogP contribution is 2.33. The summed E-state index contributed by atoms with van der Waals surface area (Å²) in [6, 6.07) is 0. The minimum atomic E-state index is -3.27. The number of aromatic amines is 1. The van der Waals surface area contributed by atoms with Crippen LogP contribution in [0.4, 0.5) is 0 Å². The van der Waals surface area contributed by atoms with Crippen molar-refractivity contribution in [2.45, 2.75) is 58.4 Å². The number of nitrogens with one attached hydrogen (secondary N) is 1. The van der Waals surface area contributed by atoms with E-state index in [1.807, 2.05) is 0 Å². The molecule has 0 aliphatic carbocycles. The predicted molar refractivity (Wildman–Crippen MR) is 70.6 cm³/mol. The topological polar surface area (TPSA) is 66.1 Å². The van der Waals surface area contributed by atoms with Crippen LogP contribution in [0.25, 0.3) is 0 Å². The molecule has 6 heteroatoms. The van der Waals surface area contributed by atoms with E-state index in [4.69, 9.17) is 0 Å². The molecular weight excluding hydrogens is 250 g/mol. The SMILES string of the molecule is CC(C)c1n[nH]c2c1CN(S(=O)(=O)C(C)(C)C)C2. The molecule has 0 spiro atoms. The largest absolute Gasteiger partial charge is 0.281 e. The Labute approximate surface area is 109 Å². The Kier molecular flexibility index (Phi) is 3.06. The van der Waals surface area contributed by atoms with Gasteiger partial charge in [-0.15, -0.1) is 0 Å². The lowest BCUT2D eigenvalue weighted by Gasteiger charge is -2.26. The Morgan fingerprint density at radius 3 is 2.39 bits per heavy atom. The lowest BCUT2D eigenvalue weighted by atomic mass is 10.1. The predicted octanol–water partition coefficient (Wildman–Crippen LogP) is 1.98. The molecule has 1 aromatic heterocycles. The molecule has 0 amide bonds. The highest BCUT2D eigenvalue weighted by molar-refractivity contribution is 7.90. The highest BCUT2D eigenvalue weighted by atomic mass is 32.2. The fraction of sp³-hybridized carbons (Fsp3) is 0.750. The Balaban J connectivity index is 2.31. The molecule has 0 saturated carbocycles. The number of H-pyrrole nitrogens is 1. The highest BCUT2D eigenvalue weighted by Gasteiger charge is 2.40. The molecule has 0 aromatic carbocycles. The second kappa shape index (κ2) is 4.06. The lowest BCUT2D eigenvalue weighted by molar-refractivity contribution is 0.406. The van der Waals surface area contributed by atoms with E-state index in [0.29, 0.717) is 19.0 Å².